The van der Waals surface area contributed by atoms with E-state index in [1.54, 1.807) is 24.3 Å². The molecule has 1 aliphatic rings. The zero-order valence-electron chi connectivity index (χ0n) is 18.1. The van der Waals surface area contributed by atoms with E-state index in [0.717, 1.165) is 31.6 Å². The molecular formula is C24H21Cl3N6O. The zero-order chi connectivity index (χ0) is 23.7. The summed E-state index contributed by atoms with van der Waals surface area (Å²) in [7, 11) is 0. The van der Waals surface area contributed by atoms with Gasteiger partial charge in [0.25, 0.3) is 0 Å². The van der Waals surface area contributed by atoms with Crippen molar-refractivity contribution in [1.82, 2.24) is 24.4 Å². The van der Waals surface area contributed by atoms with Gasteiger partial charge in [-0.1, -0.05) is 34.8 Å². The first-order valence-corrected chi connectivity index (χ1v) is 12.1. The lowest BCUT2D eigenvalue weighted by molar-refractivity contribution is -0.130. The van der Waals surface area contributed by atoms with Crippen molar-refractivity contribution in [2.75, 3.05) is 25.0 Å². The van der Waals surface area contributed by atoms with Crippen molar-refractivity contribution in [1.29, 1.82) is 0 Å². The summed E-state index contributed by atoms with van der Waals surface area (Å²) in [5.74, 6) is 1.10. The number of amides is 1. The smallest absolute Gasteiger partial charge is 0.241 e. The number of aromatic nitrogens is 4. The van der Waals surface area contributed by atoms with Gasteiger partial charge in [0.15, 0.2) is 17.0 Å². The molecule has 1 saturated heterocycles. The number of rotatable bonds is 5. The number of carbonyl (C=O) groups excluding carboxylic acids is 1. The molecule has 0 atom stereocenters. The summed E-state index contributed by atoms with van der Waals surface area (Å²) in [6.45, 7) is 1.73. The fraction of sp³-hybridized carbons (Fsp3) is 0.250. The number of fused-ring (bicyclic) bond motifs is 1. The summed E-state index contributed by atoms with van der Waals surface area (Å²) in [6.07, 6.45) is 4.71. The minimum atomic E-state index is 0.0459. The second-order valence-corrected chi connectivity index (χ2v) is 9.34. The van der Waals surface area contributed by atoms with Gasteiger partial charge in [0, 0.05) is 34.4 Å². The van der Waals surface area contributed by atoms with E-state index in [2.05, 4.69) is 15.3 Å². The molecule has 0 bridgehead atoms. The Labute approximate surface area is 211 Å². The fourth-order valence-electron chi connectivity index (χ4n) is 4.12. The van der Waals surface area contributed by atoms with Crippen LogP contribution in [0.5, 0.6) is 0 Å². The molecule has 0 spiro atoms. The normalized spacial score (nSPS) is 13.9. The molecule has 3 heterocycles. The number of halogens is 3. The topological polar surface area (TPSA) is 75.9 Å². The third-order valence-corrected chi connectivity index (χ3v) is 6.62. The van der Waals surface area contributed by atoms with Crippen LogP contribution in [0.3, 0.4) is 0 Å². The first-order valence-electron chi connectivity index (χ1n) is 11.0. The average Bonchev–Trinajstić information content (AvgIpc) is 3.23. The van der Waals surface area contributed by atoms with Crippen LogP contribution in [0.4, 0.5) is 5.82 Å². The molecule has 2 aromatic carbocycles. The second-order valence-electron chi connectivity index (χ2n) is 8.06. The number of hydrogen-bond acceptors (Lipinski definition) is 5. The molecule has 0 saturated carbocycles. The predicted octanol–water partition coefficient (Wildman–Crippen LogP) is 5.87. The Balaban J connectivity index is 1.58. The molecule has 7 nitrogen and oxygen atoms in total. The highest BCUT2D eigenvalue weighted by atomic mass is 35.5. The van der Waals surface area contributed by atoms with Crippen molar-refractivity contribution in [3.8, 4) is 17.1 Å². The van der Waals surface area contributed by atoms with E-state index in [4.69, 9.17) is 39.8 Å². The van der Waals surface area contributed by atoms with Crippen LogP contribution in [0.25, 0.3) is 28.2 Å². The van der Waals surface area contributed by atoms with E-state index < -0.39 is 0 Å². The van der Waals surface area contributed by atoms with E-state index in [9.17, 15) is 4.79 Å². The zero-order valence-corrected chi connectivity index (χ0v) is 20.4. The van der Waals surface area contributed by atoms with Gasteiger partial charge >= 0.3 is 0 Å². The number of nitrogens with one attached hydrogen (secondary N) is 1. The van der Waals surface area contributed by atoms with Gasteiger partial charge in [-0.05, 0) is 61.7 Å². The fourth-order valence-corrected chi connectivity index (χ4v) is 4.74. The highest BCUT2D eigenvalue weighted by Crippen LogP contribution is 2.35. The summed E-state index contributed by atoms with van der Waals surface area (Å²) in [4.78, 5) is 28.3. The van der Waals surface area contributed by atoms with Crippen LogP contribution in [0.2, 0.25) is 15.1 Å². The van der Waals surface area contributed by atoms with Crippen molar-refractivity contribution < 1.29 is 4.79 Å². The Morgan fingerprint density at radius 2 is 1.68 bits per heavy atom. The lowest BCUT2D eigenvalue weighted by Gasteiger charge is -2.26. The molecule has 0 unspecified atom stereocenters. The molecule has 34 heavy (non-hydrogen) atoms. The van der Waals surface area contributed by atoms with Gasteiger partial charge in [-0.2, -0.15) is 0 Å². The summed E-state index contributed by atoms with van der Waals surface area (Å²) >= 11 is 18.8. The van der Waals surface area contributed by atoms with Crippen molar-refractivity contribution in [3.63, 3.8) is 0 Å². The molecule has 1 N–H and O–H groups in total. The van der Waals surface area contributed by atoms with E-state index in [0.29, 0.717) is 43.4 Å². The maximum Gasteiger partial charge on any atom is 0.241 e. The van der Waals surface area contributed by atoms with Crippen LogP contribution in [0.1, 0.15) is 19.3 Å². The summed E-state index contributed by atoms with van der Waals surface area (Å²) < 4.78 is 1.89. The Morgan fingerprint density at radius 3 is 2.41 bits per heavy atom. The molecule has 1 amide bonds. The van der Waals surface area contributed by atoms with Gasteiger partial charge in [0.1, 0.15) is 12.2 Å². The van der Waals surface area contributed by atoms with Crippen LogP contribution in [0.15, 0.2) is 48.8 Å². The Bertz CT molecular complexity index is 1350. The monoisotopic (exact) mass is 514 g/mol. The van der Waals surface area contributed by atoms with Gasteiger partial charge in [-0.3, -0.25) is 9.36 Å². The first-order chi connectivity index (χ1) is 16.5. The van der Waals surface area contributed by atoms with Gasteiger partial charge in [-0.15, -0.1) is 0 Å². The molecule has 174 valence electrons. The molecule has 2 aromatic heterocycles. The van der Waals surface area contributed by atoms with Gasteiger partial charge in [0.2, 0.25) is 5.91 Å². The largest absolute Gasteiger partial charge is 0.359 e. The molecule has 5 rings (SSSR count). The van der Waals surface area contributed by atoms with Gasteiger partial charge in [-0.25, -0.2) is 15.0 Å². The molecule has 1 fully saturated rings. The summed E-state index contributed by atoms with van der Waals surface area (Å²) in [5, 5.41) is 4.77. The van der Waals surface area contributed by atoms with Crippen molar-refractivity contribution in [2.24, 2.45) is 0 Å². The molecule has 4 aromatic rings. The quantitative estimate of drug-likeness (QED) is 0.360. The van der Waals surface area contributed by atoms with Crippen molar-refractivity contribution in [3.05, 3.63) is 63.9 Å². The van der Waals surface area contributed by atoms with Crippen LogP contribution < -0.4 is 5.32 Å². The standard InChI is InChI=1S/C24H21Cl3N6O/c25-15-4-7-17(8-5-15)33-23(18-9-6-16(26)12-19(18)27)31-21-22(29-14-30-24(21)33)28-13-20(34)32-10-2-1-3-11-32/h4-9,12,14H,1-3,10-11,13H2,(H,28,29,30). The summed E-state index contributed by atoms with van der Waals surface area (Å²) in [5.41, 5.74) is 2.60. The number of carbonyl (C=O) groups is 1. The van der Waals surface area contributed by atoms with Crippen LogP contribution in [-0.4, -0.2) is 50.0 Å². The number of anilines is 1. The molecular weight excluding hydrogens is 495 g/mol. The van der Waals surface area contributed by atoms with Gasteiger partial charge < -0.3 is 10.2 Å². The second kappa shape index (κ2) is 9.78. The Hall–Kier alpha value is -2.87. The lowest BCUT2D eigenvalue weighted by Crippen LogP contribution is -2.39. The maximum absolute atomic E-state index is 12.7. The molecule has 10 heteroatoms. The van der Waals surface area contributed by atoms with E-state index >= 15 is 0 Å². The third kappa shape index (κ3) is 4.56. The Kier molecular flexibility index (Phi) is 6.59. The number of imidazole rings is 1. The number of piperidine rings is 1. The maximum atomic E-state index is 12.7. The predicted molar refractivity (Wildman–Crippen MR) is 136 cm³/mol. The first kappa shape index (κ1) is 22.9. The lowest BCUT2D eigenvalue weighted by atomic mass is 10.1. The Morgan fingerprint density at radius 1 is 0.941 bits per heavy atom. The number of benzene rings is 2. The molecule has 0 radical (unpaired) electrons. The van der Waals surface area contributed by atoms with E-state index in [1.807, 2.05) is 27.7 Å². The highest BCUT2D eigenvalue weighted by Gasteiger charge is 2.22. The van der Waals surface area contributed by atoms with Crippen LogP contribution in [-0.2, 0) is 4.79 Å². The minimum absolute atomic E-state index is 0.0459. The van der Waals surface area contributed by atoms with Gasteiger partial charge in [0.05, 0.1) is 11.6 Å². The molecule has 0 aliphatic carbocycles. The minimum Gasteiger partial charge on any atom is -0.359 e. The molecule has 1 aliphatic heterocycles. The van der Waals surface area contributed by atoms with Crippen LogP contribution >= 0.6 is 34.8 Å². The number of hydrogen-bond donors (Lipinski definition) is 1. The van der Waals surface area contributed by atoms with Crippen LogP contribution in [0, 0.1) is 0 Å². The third-order valence-electron chi connectivity index (χ3n) is 5.82. The highest BCUT2D eigenvalue weighted by molar-refractivity contribution is 6.36. The van der Waals surface area contributed by atoms with E-state index in [-0.39, 0.29) is 12.5 Å². The van der Waals surface area contributed by atoms with Crippen molar-refractivity contribution in [2.45, 2.75) is 19.3 Å². The van der Waals surface area contributed by atoms with E-state index in [1.165, 1.54) is 12.7 Å². The number of likely N-dealkylation sites (tertiary alicyclic amines) is 1. The van der Waals surface area contributed by atoms with Crippen molar-refractivity contribution >= 4 is 57.7 Å². The average molecular weight is 516 g/mol. The summed E-state index contributed by atoms with van der Waals surface area (Å²) in [6, 6.07) is 12.6. The number of nitrogens with zero attached hydrogens (tertiary/aromatic N) is 5. The SMILES string of the molecule is O=C(CNc1ncnc2c1nc(-c1ccc(Cl)cc1Cl)n2-c1ccc(Cl)cc1)N1CCCCC1.